The van der Waals surface area contributed by atoms with E-state index in [0.717, 1.165) is 0 Å². The average Bonchev–Trinajstić information content (AvgIpc) is 2.21. The van der Waals surface area contributed by atoms with E-state index in [-0.39, 0.29) is 5.97 Å². The predicted octanol–water partition coefficient (Wildman–Crippen LogP) is 3.70. The van der Waals surface area contributed by atoms with Gasteiger partial charge in [-0.1, -0.05) is 0 Å². The van der Waals surface area contributed by atoms with Gasteiger partial charge in [-0.3, -0.25) is 0 Å². The van der Waals surface area contributed by atoms with Crippen LogP contribution in [-0.4, -0.2) is 26.1 Å². The predicted molar refractivity (Wildman–Crippen MR) is 66.1 cm³/mol. The maximum absolute atomic E-state index is 11.4. The first kappa shape index (κ1) is 15.0. The molecule has 0 aromatic carbocycles. The van der Waals surface area contributed by atoms with Crippen LogP contribution in [0.25, 0.3) is 0 Å². The van der Waals surface area contributed by atoms with E-state index < -0.39 is 20.2 Å². The van der Waals surface area contributed by atoms with Gasteiger partial charge in [0.1, 0.15) is 0 Å². The van der Waals surface area contributed by atoms with Gasteiger partial charge in [-0.05, 0) is 0 Å². The summed E-state index contributed by atoms with van der Waals surface area (Å²) >= 11 is -1.87. The Morgan fingerprint density at radius 1 is 1.20 bits per heavy atom. The first-order chi connectivity index (χ1) is 7.11. The molecule has 0 aliphatic rings. The fourth-order valence-corrected chi connectivity index (χ4v) is 8.00. The quantitative estimate of drug-likeness (QED) is 0.504. The first-order valence-corrected chi connectivity index (χ1v) is 11.0. The van der Waals surface area contributed by atoms with Crippen molar-refractivity contribution in [3.63, 3.8) is 0 Å². The molecule has 0 bridgehead atoms. The molecule has 0 fully saturated rings. The summed E-state index contributed by atoms with van der Waals surface area (Å²) in [5.41, 5.74) is 0.543. The van der Waals surface area contributed by atoms with E-state index in [0.29, 0.717) is 5.57 Å². The van der Waals surface area contributed by atoms with Crippen LogP contribution in [0.1, 0.15) is 46.5 Å². The average molecular weight is 318 g/mol. The van der Waals surface area contributed by atoms with E-state index in [9.17, 15) is 4.79 Å². The molecule has 0 aromatic rings. The molecule has 0 heterocycles. The van der Waals surface area contributed by atoms with Gasteiger partial charge in [0.05, 0.1) is 0 Å². The molecule has 15 heavy (non-hydrogen) atoms. The van der Waals surface area contributed by atoms with Crippen molar-refractivity contribution in [1.29, 1.82) is 0 Å². The van der Waals surface area contributed by atoms with Crippen LogP contribution in [0, 0.1) is 0 Å². The third kappa shape index (κ3) is 7.88. The van der Waals surface area contributed by atoms with Crippen molar-refractivity contribution in [3.8, 4) is 0 Å². The van der Waals surface area contributed by atoms with Gasteiger partial charge in [0.2, 0.25) is 0 Å². The molecule has 0 rings (SSSR count). The minimum absolute atomic E-state index is 0.156. The second-order valence-electron chi connectivity index (χ2n) is 3.92. The molecule has 0 aromatic heterocycles. The van der Waals surface area contributed by atoms with Crippen molar-refractivity contribution in [2.24, 2.45) is 0 Å². The van der Waals surface area contributed by atoms with Gasteiger partial charge in [0.25, 0.3) is 0 Å². The Morgan fingerprint density at radius 2 is 1.67 bits per heavy atom. The molecule has 87 valence electrons. The Labute approximate surface area is 101 Å². The topological polar surface area (TPSA) is 26.3 Å². The van der Waals surface area contributed by atoms with Gasteiger partial charge in [-0.2, -0.15) is 0 Å². The number of rotatable bonds is 8. The van der Waals surface area contributed by atoms with E-state index in [1.54, 1.807) is 6.92 Å². The van der Waals surface area contributed by atoms with Crippen molar-refractivity contribution in [2.75, 3.05) is 0 Å². The molecule has 0 aliphatic heterocycles. The second-order valence-corrected chi connectivity index (χ2v) is 10.4. The van der Waals surface area contributed by atoms with E-state index in [1.165, 1.54) is 34.6 Å². The summed E-state index contributed by atoms with van der Waals surface area (Å²) in [4.78, 5) is 11.4. The van der Waals surface area contributed by atoms with Crippen molar-refractivity contribution in [3.05, 3.63) is 12.2 Å². The number of hydrogen-bond donors (Lipinski definition) is 0. The Balaban J connectivity index is 3.98. The van der Waals surface area contributed by atoms with E-state index in [4.69, 9.17) is 3.07 Å². The summed E-state index contributed by atoms with van der Waals surface area (Å²) in [5, 5.41) is 0. The molecule has 0 amide bonds. The summed E-state index contributed by atoms with van der Waals surface area (Å²) < 4.78 is 7.93. The van der Waals surface area contributed by atoms with Crippen LogP contribution in [0.4, 0.5) is 0 Å². The molecule has 1 radical (unpaired) electrons. The van der Waals surface area contributed by atoms with Crippen molar-refractivity contribution in [1.82, 2.24) is 0 Å². The fourth-order valence-electron chi connectivity index (χ4n) is 1.19. The summed E-state index contributed by atoms with van der Waals surface area (Å²) in [6, 6.07) is 0. The SMILES string of the molecule is C=C(C)C(=O)[O][Sn]([CH2]CCC)[CH2]CCC. The zero-order valence-electron chi connectivity index (χ0n) is 10.3. The van der Waals surface area contributed by atoms with Gasteiger partial charge < -0.3 is 0 Å². The van der Waals surface area contributed by atoms with Crippen molar-refractivity contribution >= 4 is 26.1 Å². The molecule has 0 aliphatic carbocycles. The number of carbonyl (C=O) groups excluding carboxylic acids is 1. The van der Waals surface area contributed by atoms with Crippen LogP contribution in [-0.2, 0) is 7.87 Å². The molecule has 0 spiro atoms. The summed E-state index contributed by atoms with van der Waals surface area (Å²) in [6.45, 7) is 9.71. The molecule has 0 unspecified atom stereocenters. The van der Waals surface area contributed by atoms with E-state index >= 15 is 0 Å². The van der Waals surface area contributed by atoms with Crippen LogP contribution < -0.4 is 0 Å². The Bertz CT molecular complexity index is 194. The third-order valence-electron chi connectivity index (χ3n) is 2.20. The second kappa shape index (κ2) is 9.25. The third-order valence-corrected chi connectivity index (χ3v) is 8.76. The Morgan fingerprint density at radius 3 is 2.00 bits per heavy atom. The van der Waals surface area contributed by atoms with Crippen molar-refractivity contribution in [2.45, 2.75) is 55.3 Å². The minimum atomic E-state index is -1.87. The molecule has 3 heteroatoms. The van der Waals surface area contributed by atoms with Crippen LogP contribution >= 0.6 is 0 Å². The Kier molecular flexibility index (Phi) is 9.26. The maximum atomic E-state index is 11.4. The molecular formula is C12H23O2Sn. The van der Waals surface area contributed by atoms with Gasteiger partial charge in [-0.15, -0.1) is 0 Å². The normalized spacial score (nSPS) is 10.4. The molecular weight excluding hydrogens is 295 g/mol. The van der Waals surface area contributed by atoms with Gasteiger partial charge in [0.15, 0.2) is 0 Å². The fraction of sp³-hybridized carbons (Fsp3) is 0.750. The van der Waals surface area contributed by atoms with Gasteiger partial charge in [0, 0.05) is 0 Å². The van der Waals surface area contributed by atoms with E-state index in [2.05, 4.69) is 20.4 Å². The summed E-state index contributed by atoms with van der Waals surface area (Å²) in [5.74, 6) is -0.156. The van der Waals surface area contributed by atoms with Crippen LogP contribution in [0.15, 0.2) is 12.2 Å². The van der Waals surface area contributed by atoms with Gasteiger partial charge >= 0.3 is 101 Å². The molecule has 0 N–H and O–H groups in total. The van der Waals surface area contributed by atoms with Gasteiger partial charge in [-0.25, -0.2) is 0 Å². The number of carbonyl (C=O) groups is 1. The molecule has 0 atom stereocenters. The number of hydrogen-bond acceptors (Lipinski definition) is 2. The Hall–Kier alpha value is 0.00870. The standard InChI is InChI=1S/C4H6O2.2C4H9.Sn/c1-3(2)4(5)6;2*1-3-4-2;/h1H2,2H3,(H,5,6);2*1,3-4H2,2H3;/q;;;+1/p-1. The molecule has 0 saturated heterocycles. The summed E-state index contributed by atoms with van der Waals surface area (Å²) in [6.07, 6.45) is 4.81. The summed E-state index contributed by atoms with van der Waals surface area (Å²) in [7, 11) is 0. The van der Waals surface area contributed by atoms with Crippen LogP contribution in [0.3, 0.4) is 0 Å². The zero-order chi connectivity index (χ0) is 11.7. The molecule has 2 nitrogen and oxygen atoms in total. The zero-order valence-corrected chi connectivity index (χ0v) is 13.1. The van der Waals surface area contributed by atoms with Crippen LogP contribution in [0.2, 0.25) is 8.87 Å². The number of unbranched alkanes of at least 4 members (excludes halogenated alkanes) is 2. The van der Waals surface area contributed by atoms with E-state index in [1.807, 2.05) is 0 Å². The first-order valence-electron chi connectivity index (χ1n) is 5.84. The monoisotopic (exact) mass is 319 g/mol. The van der Waals surface area contributed by atoms with Crippen molar-refractivity contribution < 1.29 is 7.87 Å². The molecule has 0 saturated carbocycles. The van der Waals surface area contributed by atoms with Crippen LogP contribution in [0.5, 0.6) is 0 Å².